The molecule has 0 spiro atoms. The number of ether oxygens (including phenoxy) is 1. The van der Waals surface area contributed by atoms with E-state index in [2.05, 4.69) is 68.0 Å². The van der Waals surface area contributed by atoms with Crippen LogP contribution in [0.4, 0.5) is 0 Å². The van der Waals surface area contributed by atoms with Crippen LogP contribution in [-0.2, 0) is 14.0 Å². The average Bonchev–Trinajstić information content (AvgIpc) is 3.15. The number of carbonyl (C=O) groups excluding carboxylic acids is 1. The van der Waals surface area contributed by atoms with Gasteiger partial charge in [-0.25, -0.2) is 4.79 Å². The predicted octanol–water partition coefficient (Wildman–Crippen LogP) is 6.97. The fraction of sp³-hybridized carbons (Fsp3) is 0.759. The number of carbonyl (C=O) groups is 1. The molecule has 3 rings (SSSR count). The molecular formula is C29H48O4Si. The number of aliphatic hydroxyl groups is 1. The summed E-state index contributed by atoms with van der Waals surface area (Å²) in [6.07, 6.45) is 9.30. The molecule has 2 saturated carbocycles. The van der Waals surface area contributed by atoms with Gasteiger partial charge in [0.25, 0.3) is 0 Å². The van der Waals surface area contributed by atoms with E-state index in [0.717, 1.165) is 25.7 Å². The Morgan fingerprint density at radius 3 is 2.32 bits per heavy atom. The Labute approximate surface area is 209 Å². The molecule has 0 aromatic rings. The molecule has 1 N–H and O–H groups in total. The second kappa shape index (κ2) is 10.1. The Morgan fingerprint density at radius 1 is 1.18 bits per heavy atom. The largest absolute Gasteiger partial charge is 0.458 e. The quantitative estimate of drug-likeness (QED) is 0.228. The third-order valence-corrected chi connectivity index (χ3v) is 15.8. The lowest BCUT2D eigenvalue weighted by molar-refractivity contribution is -0.144. The van der Waals surface area contributed by atoms with Crippen molar-refractivity contribution >= 4 is 14.3 Å². The first kappa shape index (κ1) is 27.4. The first-order chi connectivity index (χ1) is 15.8. The molecular weight excluding hydrogens is 440 g/mol. The Morgan fingerprint density at radius 2 is 1.79 bits per heavy atom. The van der Waals surface area contributed by atoms with Gasteiger partial charge in [-0.1, -0.05) is 79.7 Å². The maximum Gasteiger partial charge on any atom is 0.338 e. The van der Waals surface area contributed by atoms with Crippen LogP contribution in [0.1, 0.15) is 81.1 Å². The maximum atomic E-state index is 12.0. The Balaban J connectivity index is 1.92. The van der Waals surface area contributed by atoms with Crippen molar-refractivity contribution in [3.8, 4) is 0 Å². The summed E-state index contributed by atoms with van der Waals surface area (Å²) in [7, 11) is -2.04. The molecule has 0 unspecified atom stereocenters. The number of fused-ring (bicyclic) bond motifs is 1. The minimum atomic E-state index is -2.04. The molecule has 0 amide bonds. The molecule has 34 heavy (non-hydrogen) atoms. The van der Waals surface area contributed by atoms with Gasteiger partial charge in [-0.3, -0.25) is 0 Å². The molecule has 0 saturated heterocycles. The highest BCUT2D eigenvalue weighted by Gasteiger charge is 2.58. The van der Waals surface area contributed by atoms with Gasteiger partial charge in [0.2, 0.25) is 0 Å². The van der Waals surface area contributed by atoms with Crippen molar-refractivity contribution < 1.29 is 19.1 Å². The zero-order chi connectivity index (χ0) is 25.5. The Kier molecular flexibility index (Phi) is 8.11. The van der Waals surface area contributed by atoms with Gasteiger partial charge in [0.15, 0.2) is 8.32 Å². The van der Waals surface area contributed by atoms with Crippen molar-refractivity contribution in [1.82, 2.24) is 0 Å². The van der Waals surface area contributed by atoms with Gasteiger partial charge in [0.1, 0.15) is 6.61 Å². The van der Waals surface area contributed by atoms with Crippen molar-refractivity contribution in [2.75, 3.05) is 13.2 Å². The van der Waals surface area contributed by atoms with E-state index in [0.29, 0.717) is 41.3 Å². The van der Waals surface area contributed by atoms with Gasteiger partial charge in [-0.15, -0.1) is 0 Å². The second-order valence-electron chi connectivity index (χ2n) is 12.5. The van der Waals surface area contributed by atoms with Crippen LogP contribution in [0.15, 0.2) is 36.0 Å². The van der Waals surface area contributed by atoms with Crippen LogP contribution < -0.4 is 0 Å². The first-order valence-electron chi connectivity index (χ1n) is 13.4. The van der Waals surface area contributed by atoms with Gasteiger partial charge < -0.3 is 14.3 Å². The summed E-state index contributed by atoms with van der Waals surface area (Å²) >= 11 is 0. The molecule has 2 fully saturated rings. The normalized spacial score (nSPS) is 34.8. The van der Waals surface area contributed by atoms with E-state index >= 15 is 0 Å². The number of allylic oxidation sites excluding steroid dienone is 2. The Bertz CT molecular complexity index is 819. The summed E-state index contributed by atoms with van der Waals surface area (Å²) in [5.41, 5.74) is 3.10. The van der Waals surface area contributed by atoms with Crippen molar-refractivity contribution in [2.45, 2.75) is 104 Å². The van der Waals surface area contributed by atoms with Crippen LogP contribution in [-0.4, -0.2) is 38.7 Å². The summed E-state index contributed by atoms with van der Waals surface area (Å²) < 4.78 is 12.2. The minimum absolute atomic E-state index is 0.0239. The van der Waals surface area contributed by atoms with Gasteiger partial charge in [0, 0.05) is 17.9 Å². The summed E-state index contributed by atoms with van der Waals surface area (Å²) in [5.74, 6) is 0.260. The Hall–Kier alpha value is -1.17. The highest BCUT2D eigenvalue weighted by Crippen LogP contribution is 2.62. The molecule has 1 aliphatic heterocycles. The average molecular weight is 489 g/mol. The third kappa shape index (κ3) is 4.53. The second-order valence-corrected chi connectivity index (χ2v) is 18.0. The number of hydrogen-bond acceptors (Lipinski definition) is 4. The molecule has 192 valence electrons. The van der Waals surface area contributed by atoms with Crippen LogP contribution in [0.25, 0.3) is 0 Å². The number of esters is 1. The van der Waals surface area contributed by atoms with Gasteiger partial charge >= 0.3 is 5.97 Å². The van der Waals surface area contributed by atoms with E-state index in [1.165, 1.54) is 5.57 Å². The first-order valence-corrected chi connectivity index (χ1v) is 15.5. The SMILES string of the molecule is C=C1CC[C@@H]2[C@](C)(CO[Si](C(C)C)(C(C)C)C(C)C)[C@H](O)CC[C@@]2(C)[C@@H]1/C=C/C1=CCOC1=O. The maximum absolute atomic E-state index is 12.0. The van der Waals surface area contributed by atoms with E-state index < -0.39 is 8.32 Å². The lowest BCUT2D eigenvalue weighted by atomic mass is 9.46. The van der Waals surface area contributed by atoms with Crippen molar-refractivity contribution in [3.05, 3.63) is 36.0 Å². The smallest absolute Gasteiger partial charge is 0.338 e. The zero-order valence-electron chi connectivity index (χ0n) is 22.8. The van der Waals surface area contributed by atoms with E-state index in [-0.39, 0.29) is 28.8 Å². The van der Waals surface area contributed by atoms with Crippen LogP contribution in [0, 0.1) is 22.7 Å². The van der Waals surface area contributed by atoms with Crippen molar-refractivity contribution in [1.29, 1.82) is 0 Å². The van der Waals surface area contributed by atoms with Crippen LogP contribution in [0.3, 0.4) is 0 Å². The standard InChI is InChI=1S/C29H48O4Si/c1-19(2)34(20(3)4,21(5)6)33-18-29(9)25-13-10-22(7)24(28(25,8)16-14-26(29)30)12-11-23-15-17-32-27(23)31/h11-12,15,19-21,24-26,30H,7,10,13-14,16-18H2,1-6,8-9H3/b12-11+/t24-,25+,26-,28+,29+/m1/s1. The molecule has 0 bridgehead atoms. The van der Waals surface area contributed by atoms with E-state index in [4.69, 9.17) is 9.16 Å². The summed E-state index contributed by atoms with van der Waals surface area (Å²) in [5, 5.41) is 11.4. The molecule has 3 aliphatic rings. The predicted molar refractivity (Wildman–Crippen MR) is 142 cm³/mol. The molecule has 2 aliphatic carbocycles. The molecule has 0 aromatic heterocycles. The molecule has 4 nitrogen and oxygen atoms in total. The minimum Gasteiger partial charge on any atom is -0.458 e. The van der Waals surface area contributed by atoms with Gasteiger partial charge in [0.05, 0.1) is 11.7 Å². The summed E-state index contributed by atoms with van der Waals surface area (Å²) in [4.78, 5) is 12.0. The van der Waals surface area contributed by atoms with Crippen LogP contribution in [0.2, 0.25) is 16.6 Å². The van der Waals surface area contributed by atoms with E-state index in [1.54, 1.807) is 0 Å². The summed E-state index contributed by atoms with van der Waals surface area (Å²) in [6, 6.07) is 0. The third-order valence-electron chi connectivity index (χ3n) is 9.78. The highest BCUT2D eigenvalue weighted by molar-refractivity contribution is 6.77. The lowest BCUT2D eigenvalue weighted by Gasteiger charge is -2.60. The monoisotopic (exact) mass is 488 g/mol. The van der Waals surface area contributed by atoms with Gasteiger partial charge in [-0.2, -0.15) is 0 Å². The van der Waals surface area contributed by atoms with Crippen molar-refractivity contribution in [3.63, 3.8) is 0 Å². The number of rotatable bonds is 8. The fourth-order valence-electron chi connectivity index (χ4n) is 7.96. The number of aliphatic hydroxyl groups excluding tert-OH is 1. The van der Waals surface area contributed by atoms with Crippen LogP contribution >= 0.6 is 0 Å². The van der Waals surface area contributed by atoms with E-state index in [1.807, 2.05) is 12.2 Å². The van der Waals surface area contributed by atoms with E-state index in [9.17, 15) is 9.90 Å². The molecule has 0 aromatic carbocycles. The fourth-order valence-corrected chi connectivity index (χ4v) is 13.5. The number of hydrogen-bond donors (Lipinski definition) is 1. The van der Waals surface area contributed by atoms with Crippen molar-refractivity contribution in [2.24, 2.45) is 22.7 Å². The van der Waals surface area contributed by atoms with Crippen LogP contribution in [0.5, 0.6) is 0 Å². The molecule has 1 heterocycles. The van der Waals surface area contributed by atoms with Gasteiger partial charge in [-0.05, 0) is 59.7 Å². The lowest BCUT2D eigenvalue weighted by Crippen LogP contribution is -2.59. The zero-order valence-corrected chi connectivity index (χ0v) is 23.8. The topological polar surface area (TPSA) is 55.8 Å². The molecule has 0 radical (unpaired) electrons. The number of cyclic esters (lactones) is 1. The molecule has 5 atom stereocenters. The molecule has 5 heteroatoms. The highest BCUT2D eigenvalue weighted by atomic mass is 28.4. The summed E-state index contributed by atoms with van der Waals surface area (Å²) in [6.45, 7) is 24.0.